The Hall–Kier alpha value is -2.63. The average molecular weight is 313 g/mol. The van der Waals surface area contributed by atoms with Gasteiger partial charge in [0.2, 0.25) is 5.91 Å². The number of carbonyl (C=O) groups excluding carboxylic acids is 2. The highest BCUT2D eigenvalue weighted by atomic mass is 16.5. The van der Waals surface area contributed by atoms with Crippen LogP contribution in [-0.2, 0) is 28.9 Å². The minimum absolute atomic E-state index is 0.119. The standard InChI is InChI=1S/C17H19N3O3/c1-23-17(22)16-13-9-10-20(11-14(13)18-19-16)15(21)8-7-12-5-3-2-4-6-12/h2-6H,7-11H2,1H3,(H,18,19). The van der Waals surface area contributed by atoms with Crippen molar-refractivity contribution < 1.29 is 14.3 Å². The molecule has 120 valence electrons. The number of ether oxygens (including phenoxy) is 1. The van der Waals surface area contributed by atoms with Gasteiger partial charge in [-0.25, -0.2) is 4.79 Å². The number of amides is 1. The number of hydrogen-bond donors (Lipinski definition) is 1. The zero-order valence-electron chi connectivity index (χ0n) is 13.0. The summed E-state index contributed by atoms with van der Waals surface area (Å²) in [6.07, 6.45) is 1.84. The van der Waals surface area contributed by atoms with E-state index in [1.165, 1.54) is 7.11 Å². The molecule has 0 spiro atoms. The Labute approximate surface area is 134 Å². The summed E-state index contributed by atoms with van der Waals surface area (Å²) in [5, 5.41) is 6.87. The van der Waals surface area contributed by atoms with Crippen LogP contribution < -0.4 is 0 Å². The van der Waals surface area contributed by atoms with E-state index in [-0.39, 0.29) is 5.91 Å². The summed E-state index contributed by atoms with van der Waals surface area (Å²) in [6.45, 7) is 1.07. The molecule has 23 heavy (non-hydrogen) atoms. The van der Waals surface area contributed by atoms with E-state index in [1.54, 1.807) is 0 Å². The molecule has 0 aliphatic carbocycles. The number of fused-ring (bicyclic) bond motifs is 1. The lowest BCUT2D eigenvalue weighted by molar-refractivity contribution is -0.132. The molecule has 1 aromatic carbocycles. The van der Waals surface area contributed by atoms with E-state index in [0.29, 0.717) is 31.6 Å². The van der Waals surface area contributed by atoms with Crippen molar-refractivity contribution in [3.63, 3.8) is 0 Å². The van der Waals surface area contributed by atoms with Crippen molar-refractivity contribution in [1.82, 2.24) is 15.1 Å². The zero-order chi connectivity index (χ0) is 16.2. The van der Waals surface area contributed by atoms with Gasteiger partial charge in [-0.05, 0) is 18.4 Å². The number of aromatic amines is 1. The van der Waals surface area contributed by atoms with Crippen LogP contribution in [0.25, 0.3) is 0 Å². The van der Waals surface area contributed by atoms with E-state index < -0.39 is 5.97 Å². The maximum absolute atomic E-state index is 12.4. The average Bonchev–Trinajstić information content (AvgIpc) is 3.03. The maximum Gasteiger partial charge on any atom is 0.358 e. The van der Waals surface area contributed by atoms with E-state index in [0.717, 1.165) is 23.2 Å². The van der Waals surface area contributed by atoms with Gasteiger partial charge in [0, 0.05) is 18.5 Å². The SMILES string of the molecule is COC(=O)c1n[nH]c2c1CCN(C(=O)CCc1ccccc1)C2. The smallest absolute Gasteiger partial charge is 0.358 e. The third-order valence-electron chi connectivity index (χ3n) is 4.14. The number of esters is 1. The van der Waals surface area contributed by atoms with Crippen molar-refractivity contribution in [1.29, 1.82) is 0 Å². The molecule has 1 aliphatic rings. The van der Waals surface area contributed by atoms with Crippen molar-refractivity contribution in [3.05, 3.63) is 52.8 Å². The Balaban J connectivity index is 1.62. The Morgan fingerprint density at radius 2 is 2.09 bits per heavy atom. The van der Waals surface area contributed by atoms with Gasteiger partial charge in [0.05, 0.1) is 19.3 Å². The molecule has 6 nitrogen and oxygen atoms in total. The molecule has 1 aliphatic heterocycles. The van der Waals surface area contributed by atoms with Gasteiger partial charge in [0.15, 0.2) is 5.69 Å². The van der Waals surface area contributed by atoms with E-state index in [1.807, 2.05) is 35.2 Å². The zero-order valence-corrected chi connectivity index (χ0v) is 13.0. The lowest BCUT2D eigenvalue weighted by Crippen LogP contribution is -2.36. The molecule has 0 saturated carbocycles. The lowest BCUT2D eigenvalue weighted by Gasteiger charge is -2.26. The van der Waals surface area contributed by atoms with Crippen LogP contribution in [0.2, 0.25) is 0 Å². The molecular weight excluding hydrogens is 294 g/mol. The van der Waals surface area contributed by atoms with Gasteiger partial charge < -0.3 is 9.64 Å². The van der Waals surface area contributed by atoms with E-state index in [4.69, 9.17) is 4.74 Å². The molecular formula is C17H19N3O3. The molecule has 0 bridgehead atoms. The number of H-pyrrole nitrogens is 1. The minimum Gasteiger partial charge on any atom is -0.464 e. The van der Waals surface area contributed by atoms with E-state index in [2.05, 4.69) is 10.2 Å². The number of methoxy groups -OCH3 is 1. The largest absolute Gasteiger partial charge is 0.464 e. The van der Waals surface area contributed by atoms with Crippen LogP contribution in [0.1, 0.15) is 33.7 Å². The number of carbonyl (C=O) groups is 2. The molecule has 0 saturated heterocycles. The fourth-order valence-electron chi connectivity index (χ4n) is 2.85. The number of rotatable bonds is 4. The third-order valence-corrected chi connectivity index (χ3v) is 4.14. The summed E-state index contributed by atoms with van der Waals surface area (Å²) < 4.78 is 4.72. The summed E-state index contributed by atoms with van der Waals surface area (Å²) in [7, 11) is 1.34. The molecule has 0 radical (unpaired) electrons. The van der Waals surface area contributed by atoms with Crippen LogP contribution in [-0.4, -0.2) is 40.6 Å². The van der Waals surface area contributed by atoms with Gasteiger partial charge in [-0.15, -0.1) is 0 Å². The molecule has 0 unspecified atom stereocenters. The van der Waals surface area contributed by atoms with Crippen LogP contribution in [0.3, 0.4) is 0 Å². The number of hydrogen-bond acceptors (Lipinski definition) is 4. The van der Waals surface area contributed by atoms with Gasteiger partial charge in [-0.1, -0.05) is 30.3 Å². The van der Waals surface area contributed by atoms with Crippen LogP contribution in [0.4, 0.5) is 0 Å². The molecule has 1 amide bonds. The summed E-state index contributed by atoms with van der Waals surface area (Å²) in [5.74, 6) is -0.319. The van der Waals surface area contributed by atoms with E-state index in [9.17, 15) is 9.59 Å². The molecule has 6 heteroatoms. The second-order valence-electron chi connectivity index (χ2n) is 5.57. The summed E-state index contributed by atoms with van der Waals surface area (Å²) in [6, 6.07) is 9.98. The summed E-state index contributed by atoms with van der Waals surface area (Å²) >= 11 is 0. The maximum atomic E-state index is 12.4. The van der Waals surface area contributed by atoms with Crippen LogP contribution in [0.15, 0.2) is 30.3 Å². The summed E-state index contributed by atoms with van der Waals surface area (Å²) in [5.41, 5.74) is 3.18. The number of nitrogens with zero attached hydrogens (tertiary/aromatic N) is 2. The second-order valence-corrected chi connectivity index (χ2v) is 5.57. The van der Waals surface area contributed by atoms with Crippen LogP contribution >= 0.6 is 0 Å². The minimum atomic E-state index is -0.439. The Morgan fingerprint density at radius 1 is 1.30 bits per heavy atom. The first-order valence-corrected chi connectivity index (χ1v) is 7.65. The molecule has 1 aromatic heterocycles. The first-order chi connectivity index (χ1) is 11.2. The monoisotopic (exact) mass is 313 g/mol. The fraction of sp³-hybridized carbons (Fsp3) is 0.353. The van der Waals surface area contributed by atoms with Crippen molar-refractivity contribution in [2.24, 2.45) is 0 Å². The third kappa shape index (κ3) is 3.26. The van der Waals surface area contributed by atoms with Gasteiger partial charge >= 0.3 is 5.97 Å². The quantitative estimate of drug-likeness (QED) is 0.872. The second kappa shape index (κ2) is 6.64. The highest BCUT2D eigenvalue weighted by Gasteiger charge is 2.27. The highest BCUT2D eigenvalue weighted by molar-refractivity contribution is 5.89. The lowest BCUT2D eigenvalue weighted by atomic mass is 10.0. The Kier molecular flexibility index (Phi) is 4.41. The first kappa shape index (κ1) is 15.3. The van der Waals surface area contributed by atoms with Gasteiger partial charge in [0.1, 0.15) is 0 Å². The topological polar surface area (TPSA) is 75.3 Å². The summed E-state index contributed by atoms with van der Waals surface area (Å²) in [4.78, 5) is 25.8. The highest BCUT2D eigenvalue weighted by Crippen LogP contribution is 2.21. The molecule has 3 rings (SSSR count). The van der Waals surface area contributed by atoms with Gasteiger partial charge in [-0.2, -0.15) is 5.10 Å². The number of aryl methyl sites for hydroxylation is 1. The number of benzene rings is 1. The van der Waals surface area contributed by atoms with Crippen LogP contribution in [0, 0.1) is 0 Å². The number of aromatic nitrogens is 2. The number of nitrogens with one attached hydrogen (secondary N) is 1. The Bertz CT molecular complexity index is 709. The first-order valence-electron chi connectivity index (χ1n) is 7.65. The van der Waals surface area contributed by atoms with Crippen molar-refractivity contribution in [2.45, 2.75) is 25.8 Å². The molecule has 0 fully saturated rings. The van der Waals surface area contributed by atoms with Gasteiger partial charge in [-0.3, -0.25) is 9.89 Å². The molecule has 2 heterocycles. The molecule has 0 atom stereocenters. The van der Waals surface area contributed by atoms with Gasteiger partial charge in [0.25, 0.3) is 0 Å². The predicted octanol–water partition coefficient (Wildman–Crippen LogP) is 1.71. The normalized spacial score (nSPS) is 13.5. The molecule has 1 N–H and O–H groups in total. The Morgan fingerprint density at radius 3 is 2.83 bits per heavy atom. The van der Waals surface area contributed by atoms with E-state index >= 15 is 0 Å². The van der Waals surface area contributed by atoms with Crippen molar-refractivity contribution in [2.75, 3.05) is 13.7 Å². The predicted molar refractivity (Wildman–Crippen MR) is 83.8 cm³/mol. The van der Waals surface area contributed by atoms with Crippen molar-refractivity contribution in [3.8, 4) is 0 Å². The van der Waals surface area contributed by atoms with Crippen LogP contribution in [0.5, 0.6) is 0 Å². The van der Waals surface area contributed by atoms with Crippen molar-refractivity contribution >= 4 is 11.9 Å². The molecule has 2 aromatic rings. The fourth-order valence-corrected chi connectivity index (χ4v) is 2.85.